The normalized spacial score (nSPS) is 10.9. The Balaban J connectivity index is 2.19. The number of hydrogen-bond donors (Lipinski definition) is 1. The van der Waals surface area contributed by atoms with Gasteiger partial charge in [-0.05, 0) is 23.8 Å². The summed E-state index contributed by atoms with van der Waals surface area (Å²) in [6.45, 7) is 0. The fourth-order valence-corrected chi connectivity index (χ4v) is 3.60. The SMILES string of the molecule is Nc1noc(-c2cc(Cl)sc2Cl)c1-c1ccc(Br)cc1. The van der Waals surface area contributed by atoms with Crippen LogP contribution in [0.2, 0.25) is 8.67 Å². The second-order valence-electron chi connectivity index (χ2n) is 4.02. The first kappa shape index (κ1) is 13.9. The molecule has 0 saturated carbocycles. The molecule has 0 spiro atoms. The Bertz CT molecular complexity index is 767. The van der Waals surface area contributed by atoms with Crippen molar-refractivity contribution in [2.24, 2.45) is 0 Å². The fraction of sp³-hybridized carbons (Fsp3) is 0. The number of nitrogens with two attached hydrogens (primary N) is 1. The van der Waals surface area contributed by atoms with Gasteiger partial charge in [-0.1, -0.05) is 56.4 Å². The number of benzene rings is 1. The highest BCUT2D eigenvalue weighted by atomic mass is 79.9. The van der Waals surface area contributed by atoms with Crippen LogP contribution in [0.5, 0.6) is 0 Å². The molecule has 0 bridgehead atoms. The molecule has 0 atom stereocenters. The van der Waals surface area contributed by atoms with E-state index in [0.717, 1.165) is 10.0 Å². The quantitative estimate of drug-likeness (QED) is 0.609. The van der Waals surface area contributed by atoms with Crippen molar-refractivity contribution in [3.63, 3.8) is 0 Å². The van der Waals surface area contributed by atoms with Crippen LogP contribution in [-0.2, 0) is 0 Å². The molecule has 2 aromatic heterocycles. The van der Waals surface area contributed by atoms with Gasteiger partial charge in [0, 0.05) is 4.47 Å². The van der Waals surface area contributed by atoms with Gasteiger partial charge < -0.3 is 10.3 Å². The summed E-state index contributed by atoms with van der Waals surface area (Å²) in [7, 11) is 0. The van der Waals surface area contributed by atoms with Crippen LogP contribution >= 0.6 is 50.5 Å². The number of anilines is 1. The Hall–Kier alpha value is -1.01. The van der Waals surface area contributed by atoms with Crippen molar-refractivity contribution in [1.82, 2.24) is 5.16 Å². The zero-order chi connectivity index (χ0) is 14.3. The minimum atomic E-state index is 0.320. The summed E-state index contributed by atoms with van der Waals surface area (Å²) in [6, 6.07) is 9.45. The van der Waals surface area contributed by atoms with Gasteiger partial charge >= 0.3 is 0 Å². The molecule has 0 radical (unpaired) electrons. The van der Waals surface area contributed by atoms with Gasteiger partial charge in [-0.3, -0.25) is 0 Å². The Morgan fingerprint density at radius 2 is 1.90 bits per heavy atom. The summed E-state index contributed by atoms with van der Waals surface area (Å²) in [5, 5.41) is 3.84. The lowest BCUT2D eigenvalue weighted by Crippen LogP contribution is -1.88. The van der Waals surface area contributed by atoms with Crippen LogP contribution in [0.4, 0.5) is 5.82 Å². The molecule has 0 saturated heterocycles. The van der Waals surface area contributed by atoms with Crippen LogP contribution in [0.25, 0.3) is 22.5 Å². The van der Waals surface area contributed by atoms with E-state index in [1.807, 2.05) is 24.3 Å². The van der Waals surface area contributed by atoms with E-state index in [4.69, 9.17) is 33.5 Å². The monoisotopic (exact) mass is 388 g/mol. The molecule has 0 aliphatic carbocycles. The summed E-state index contributed by atoms with van der Waals surface area (Å²) in [6.07, 6.45) is 0. The molecule has 7 heteroatoms. The van der Waals surface area contributed by atoms with E-state index in [1.54, 1.807) is 6.07 Å². The van der Waals surface area contributed by atoms with Crippen LogP contribution in [0, 0.1) is 0 Å². The standard InChI is InChI=1S/C13H7BrCl2N2OS/c14-7-3-1-6(2-4-7)10-11(19-18-13(10)17)8-5-9(15)20-12(8)16/h1-5H,(H2,17,18). The highest BCUT2D eigenvalue weighted by Gasteiger charge is 2.21. The molecule has 0 aliphatic rings. The summed E-state index contributed by atoms with van der Waals surface area (Å²) in [5.74, 6) is 0.846. The average molecular weight is 390 g/mol. The van der Waals surface area contributed by atoms with Crippen molar-refractivity contribution < 1.29 is 4.52 Å². The molecule has 0 fully saturated rings. The lowest BCUT2D eigenvalue weighted by Gasteiger charge is -2.02. The molecule has 20 heavy (non-hydrogen) atoms. The van der Waals surface area contributed by atoms with Crippen molar-refractivity contribution in [1.29, 1.82) is 0 Å². The van der Waals surface area contributed by atoms with Crippen LogP contribution < -0.4 is 5.73 Å². The number of nitrogen functional groups attached to an aromatic ring is 1. The molecule has 2 heterocycles. The van der Waals surface area contributed by atoms with Gasteiger partial charge in [0.25, 0.3) is 0 Å². The minimum Gasteiger partial charge on any atom is -0.380 e. The first-order chi connectivity index (χ1) is 9.56. The molecule has 0 aliphatic heterocycles. The van der Waals surface area contributed by atoms with Crippen LogP contribution in [-0.4, -0.2) is 5.16 Å². The van der Waals surface area contributed by atoms with Gasteiger partial charge in [0.15, 0.2) is 11.6 Å². The van der Waals surface area contributed by atoms with Crippen molar-refractivity contribution in [3.05, 3.63) is 43.5 Å². The predicted octanol–water partition coefficient (Wildman–Crippen LogP) is 5.72. The maximum atomic E-state index is 6.17. The predicted molar refractivity (Wildman–Crippen MR) is 87.4 cm³/mol. The molecule has 3 nitrogen and oxygen atoms in total. The zero-order valence-electron chi connectivity index (χ0n) is 9.86. The molecular formula is C13H7BrCl2N2OS. The maximum absolute atomic E-state index is 6.17. The highest BCUT2D eigenvalue weighted by Crippen LogP contribution is 2.44. The van der Waals surface area contributed by atoms with Gasteiger partial charge in [-0.2, -0.15) is 0 Å². The first-order valence-corrected chi connectivity index (χ1v) is 7.89. The number of hydrogen-bond acceptors (Lipinski definition) is 4. The maximum Gasteiger partial charge on any atom is 0.179 e. The second kappa shape index (κ2) is 5.41. The smallest absolute Gasteiger partial charge is 0.179 e. The Kier molecular flexibility index (Phi) is 3.77. The topological polar surface area (TPSA) is 52.0 Å². The molecule has 102 valence electrons. The van der Waals surface area contributed by atoms with Crippen LogP contribution in [0.15, 0.2) is 39.3 Å². The lowest BCUT2D eigenvalue weighted by atomic mass is 10.0. The van der Waals surface area contributed by atoms with E-state index in [1.165, 1.54) is 11.3 Å². The second-order valence-corrected chi connectivity index (χ2v) is 7.22. The van der Waals surface area contributed by atoms with Gasteiger partial charge in [0.1, 0.15) is 4.34 Å². The number of rotatable bonds is 2. The number of thiophene rings is 1. The van der Waals surface area contributed by atoms with E-state index in [0.29, 0.717) is 31.4 Å². The van der Waals surface area contributed by atoms with Gasteiger partial charge in [-0.25, -0.2) is 0 Å². The Morgan fingerprint density at radius 3 is 2.50 bits per heavy atom. The van der Waals surface area contributed by atoms with Crippen molar-refractivity contribution in [3.8, 4) is 22.5 Å². The molecule has 1 aromatic carbocycles. The molecule has 2 N–H and O–H groups in total. The number of aromatic nitrogens is 1. The van der Waals surface area contributed by atoms with Gasteiger partial charge in [-0.15, -0.1) is 11.3 Å². The zero-order valence-corrected chi connectivity index (χ0v) is 13.8. The Morgan fingerprint density at radius 1 is 1.20 bits per heavy atom. The van der Waals surface area contributed by atoms with E-state index < -0.39 is 0 Å². The van der Waals surface area contributed by atoms with Crippen LogP contribution in [0.3, 0.4) is 0 Å². The molecule has 3 rings (SSSR count). The summed E-state index contributed by atoms with van der Waals surface area (Å²) < 4.78 is 7.45. The third-order valence-electron chi connectivity index (χ3n) is 2.75. The molecular weight excluding hydrogens is 383 g/mol. The van der Waals surface area contributed by atoms with Gasteiger partial charge in [0.2, 0.25) is 0 Å². The van der Waals surface area contributed by atoms with E-state index in [9.17, 15) is 0 Å². The van der Waals surface area contributed by atoms with Gasteiger partial charge in [0.05, 0.1) is 15.5 Å². The van der Waals surface area contributed by atoms with Crippen molar-refractivity contribution >= 4 is 56.3 Å². The Labute approximate surface area is 137 Å². The fourth-order valence-electron chi connectivity index (χ4n) is 1.88. The van der Waals surface area contributed by atoms with Crippen LogP contribution in [0.1, 0.15) is 0 Å². The first-order valence-electron chi connectivity index (χ1n) is 5.52. The largest absolute Gasteiger partial charge is 0.380 e. The number of nitrogens with zero attached hydrogens (tertiary/aromatic N) is 1. The highest BCUT2D eigenvalue weighted by molar-refractivity contribution is 9.10. The lowest BCUT2D eigenvalue weighted by molar-refractivity contribution is 0.436. The summed E-state index contributed by atoms with van der Waals surface area (Å²) in [4.78, 5) is 0. The number of halogens is 3. The summed E-state index contributed by atoms with van der Waals surface area (Å²) >= 11 is 16.8. The molecule has 3 aromatic rings. The average Bonchev–Trinajstić information content (AvgIpc) is 2.93. The third-order valence-corrected chi connectivity index (χ3v) is 4.77. The molecule has 0 unspecified atom stereocenters. The third kappa shape index (κ3) is 2.46. The van der Waals surface area contributed by atoms with Crippen molar-refractivity contribution in [2.75, 3.05) is 5.73 Å². The van der Waals surface area contributed by atoms with E-state index in [-0.39, 0.29) is 0 Å². The van der Waals surface area contributed by atoms with E-state index in [2.05, 4.69) is 21.1 Å². The van der Waals surface area contributed by atoms with Crippen molar-refractivity contribution in [2.45, 2.75) is 0 Å². The van der Waals surface area contributed by atoms with E-state index >= 15 is 0 Å². The minimum absolute atomic E-state index is 0.320. The summed E-state index contributed by atoms with van der Waals surface area (Å²) in [5.41, 5.74) is 8.23. The molecule has 0 amide bonds.